The van der Waals surface area contributed by atoms with Gasteiger partial charge in [0.1, 0.15) is 17.5 Å². The Balaban J connectivity index is 1.36. The van der Waals surface area contributed by atoms with Crippen LogP contribution in [0.4, 0.5) is 5.82 Å². The van der Waals surface area contributed by atoms with Gasteiger partial charge in [0.05, 0.1) is 0 Å². The molecule has 3 heterocycles. The topological polar surface area (TPSA) is 111 Å². The second kappa shape index (κ2) is 8.93. The SMILES string of the molecule is Cn1nccc1C(=O)N[C@H](C(=O)Nc1cc(C2CCOCC2)on1)C(C1CCC1)C1(C)CC1. The summed E-state index contributed by atoms with van der Waals surface area (Å²) >= 11 is 0. The average Bonchev–Trinajstić information content (AvgIpc) is 3.15. The highest BCUT2D eigenvalue weighted by molar-refractivity contribution is 6.00. The van der Waals surface area contributed by atoms with Gasteiger partial charge in [-0.15, -0.1) is 0 Å². The van der Waals surface area contributed by atoms with Gasteiger partial charge in [-0.05, 0) is 49.0 Å². The average molecular weight is 456 g/mol. The normalized spacial score (nSPS) is 22.2. The molecule has 9 nitrogen and oxygen atoms in total. The number of anilines is 1. The van der Waals surface area contributed by atoms with Crippen molar-refractivity contribution in [3.8, 4) is 0 Å². The smallest absolute Gasteiger partial charge is 0.270 e. The number of rotatable bonds is 8. The molecule has 0 aromatic carbocycles. The summed E-state index contributed by atoms with van der Waals surface area (Å²) in [5.74, 6) is 1.43. The second-order valence-corrected chi connectivity index (χ2v) is 10.2. The van der Waals surface area contributed by atoms with E-state index in [0.717, 1.165) is 44.3 Å². The van der Waals surface area contributed by atoms with Crippen LogP contribution in [0.5, 0.6) is 0 Å². The van der Waals surface area contributed by atoms with Gasteiger partial charge in [0.15, 0.2) is 5.82 Å². The van der Waals surface area contributed by atoms with Gasteiger partial charge in [-0.3, -0.25) is 14.3 Å². The Kier molecular flexibility index (Phi) is 5.99. The molecule has 3 fully saturated rings. The van der Waals surface area contributed by atoms with Gasteiger partial charge in [-0.1, -0.05) is 31.3 Å². The van der Waals surface area contributed by atoms with Crippen molar-refractivity contribution in [1.82, 2.24) is 20.3 Å². The maximum absolute atomic E-state index is 13.6. The highest BCUT2D eigenvalue weighted by atomic mass is 16.5. The molecule has 3 aliphatic rings. The lowest BCUT2D eigenvalue weighted by molar-refractivity contribution is -0.121. The number of nitrogens with zero attached hydrogens (tertiary/aromatic N) is 3. The molecule has 9 heteroatoms. The molecule has 1 saturated heterocycles. The van der Waals surface area contributed by atoms with E-state index < -0.39 is 6.04 Å². The molecule has 2 N–H and O–H groups in total. The number of carbonyl (C=O) groups excluding carboxylic acids is 2. The molecule has 2 amide bonds. The van der Waals surface area contributed by atoms with E-state index in [2.05, 4.69) is 27.8 Å². The quantitative estimate of drug-likeness (QED) is 0.632. The highest BCUT2D eigenvalue weighted by Gasteiger charge is 2.54. The summed E-state index contributed by atoms with van der Waals surface area (Å²) in [5, 5.41) is 14.2. The maximum Gasteiger partial charge on any atom is 0.270 e. The maximum atomic E-state index is 13.6. The van der Waals surface area contributed by atoms with Crippen molar-refractivity contribution in [2.24, 2.45) is 24.3 Å². The largest absolute Gasteiger partial charge is 0.381 e. The van der Waals surface area contributed by atoms with Crippen LogP contribution >= 0.6 is 0 Å². The van der Waals surface area contributed by atoms with Crippen LogP contribution < -0.4 is 10.6 Å². The van der Waals surface area contributed by atoms with Crippen molar-refractivity contribution < 1.29 is 18.8 Å². The molecule has 2 saturated carbocycles. The number of carbonyl (C=O) groups is 2. The van der Waals surface area contributed by atoms with Crippen LogP contribution in [-0.2, 0) is 16.6 Å². The lowest BCUT2D eigenvalue weighted by Gasteiger charge is -2.42. The van der Waals surface area contributed by atoms with E-state index >= 15 is 0 Å². The summed E-state index contributed by atoms with van der Waals surface area (Å²) in [5.41, 5.74) is 0.508. The summed E-state index contributed by atoms with van der Waals surface area (Å²) < 4.78 is 12.5. The number of ether oxygens (including phenoxy) is 1. The number of nitrogens with one attached hydrogen (secondary N) is 2. The van der Waals surface area contributed by atoms with Crippen molar-refractivity contribution in [2.45, 2.75) is 63.8 Å². The van der Waals surface area contributed by atoms with E-state index in [0.29, 0.717) is 30.6 Å². The van der Waals surface area contributed by atoms with Gasteiger partial charge in [0, 0.05) is 38.4 Å². The fourth-order valence-electron chi connectivity index (χ4n) is 5.43. The standard InChI is InChI=1S/C24H33N5O4/c1-24(9-10-24)20(16-4-3-5-16)21(27-22(30)17-6-11-25-29(17)2)23(31)26-19-14-18(33-28-19)15-7-12-32-13-8-15/h6,11,14-16,20-21H,3-5,7-10,12-13H2,1-2H3,(H,27,30)(H,26,28,31)/t20?,21-/m0/s1. The van der Waals surface area contributed by atoms with E-state index in [1.165, 1.54) is 11.1 Å². The van der Waals surface area contributed by atoms with Crippen LogP contribution in [0, 0.1) is 17.3 Å². The van der Waals surface area contributed by atoms with E-state index in [4.69, 9.17) is 9.26 Å². The Morgan fingerprint density at radius 1 is 1.21 bits per heavy atom. The van der Waals surface area contributed by atoms with Gasteiger partial charge in [-0.25, -0.2) is 0 Å². The van der Waals surface area contributed by atoms with Crippen LogP contribution in [0.1, 0.15) is 74.0 Å². The van der Waals surface area contributed by atoms with Gasteiger partial charge in [-0.2, -0.15) is 5.10 Å². The van der Waals surface area contributed by atoms with Crippen LogP contribution in [0.15, 0.2) is 22.9 Å². The van der Waals surface area contributed by atoms with Crippen LogP contribution in [-0.4, -0.2) is 46.0 Å². The lowest BCUT2D eigenvalue weighted by atomic mass is 9.66. The van der Waals surface area contributed by atoms with E-state index in [9.17, 15) is 9.59 Å². The van der Waals surface area contributed by atoms with Crippen molar-refractivity contribution >= 4 is 17.6 Å². The minimum atomic E-state index is -0.645. The second-order valence-electron chi connectivity index (χ2n) is 10.2. The molecule has 2 aromatic heterocycles. The van der Waals surface area contributed by atoms with Crippen molar-refractivity contribution in [2.75, 3.05) is 18.5 Å². The molecule has 5 rings (SSSR count). The van der Waals surface area contributed by atoms with Crippen molar-refractivity contribution in [3.63, 3.8) is 0 Å². The molecule has 0 spiro atoms. The predicted octanol–water partition coefficient (Wildman–Crippen LogP) is 3.26. The zero-order valence-corrected chi connectivity index (χ0v) is 19.4. The molecule has 1 unspecified atom stereocenters. The first kappa shape index (κ1) is 22.1. The molecule has 0 radical (unpaired) electrons. The van der Waals surface area contributed by atoms with Crippen LogP contribution in [0.3, 0.4) is 0 Å². The predicted molar refractivity (Wildman–Crippen MR) is 121 cm³/mol. The Bertz CT molecular complexity index is 1000. The summed E-state index contributed by atoms with van der Waals surface area (Å²) in [7, 11) is 1.73. The third-order valence-electron chi connectivity index (χ3n) is 7.89. The minimum absolute atomic E-state index is 0.0733. The minimum Gasteiger partial charge on any atom is -0.381 e. The zero-order valence-electron chi connectivity index (χ0n) is 19.4. The third-order valence-corrected chi connectivity index (χ3v) is 7.89. The fourth-order valence-corrected chi connectivity index (χ4v) is 5.43. The zero-order chi connectivity index (χ0) is 23.0. The summed E-state index contributed by atoms with van der Waals surface area (Å²) in [4.78, 5) is 26.7. The molecular formula is C24H33N5O4. The number of hydrogen-bond donors (Lipinski definition) is 2. The number of hydrogen-bond acceptors (Lipinski definition) is 6. The lowest BCUT2D eigenvalue weighted by Crippen LogP contribution is -2.54. The summed E-state index contributed by atoms with van der Waals surface area (Å²) in [6.45, 7) is 3.65. The molecule has 2 aliphatic carbocycles. The van der Waals surface area contributed by atoms with E-state index in [-0.39, 0.29) is 29.1 Å². The Morgan fingerprint density at radius 3 is 2.58 bits per heavy atom. The van der Waals surface area contributed by atoms with Gasteiger partial charge >= 0.3 is 0 Å². The monoisotopic (exact) mass is 455 g/mol. The number of aryl methyl sites for hydroxylation is 1. The number of amides is 2. The Morgan fingerprint density at radius 2 is 1.97 bits per heavy atom. The van der Waals surface area contributed by atoms with Crippen molar-refractivity contribution in [3.05, 3.63) is 29.8 Å². The third kappa shape index (κ3) is 4.55. The molecule has 2 atom stereocenters. The highest BCUT2D eigenvalue weighted by Crippen LogP contribution is 2.58. The van der Waals surface area contributed by atoms with Gasteiger partial charge < -0.3 is 19.9 Å². The Labute approximate surface area is 193 Å². The van der Waals surface area contributed by atoms with Crippen LogP contribution in [0.25, 0.3) is 0 Å². The summed E-state index contributed by atoms with van der Waals surface area (Å²) in [6.07, 6.45) is 8.89. The molecule has 1 aliphatic heterocycles. The molecule has 178 valence electrons. The first-order valence-corrected chi connectivity index (χ1v) is 12.1. The van der Waals surface area contributed by atoms with Crippen LogP contribution in [0.2, 0.25) is 0 Å². The molecule has 0 bridgehead atoms. The fraction of sp³-hybridized carbons (Fsp3) is 0.667. The molecule has 2 aromatic rings. The summed E-state index contributed by atoms with van der Waals surface area (Å²) in [6, 6.07) is 2.83. The van der Waals surface area contributed by atoms with Crippen molar-refractivity contribution in [1.29, 1.82) is 0 Å². The first-order valence-electron chi connectivity index (χ1n) is 12.1. The molecule has 33 heavy (non-hydrogen) atoms. The van der Waals surface area contributed by atoms with E-state index in [1.54, 1.807) is 19.3 Å². The van der Waals surface area contributed by atoms with E-state index in [1.807, 2.05) is 6.07 Å². The first-order chi connectivity index (χ1) is 15.9. The molecular weight excluding hydrogens is 422 g/mol. The Hall–Kier alpha value is -2.68. The van der Waals surface area contributed by atoms with Gasteiger partial charge in [0.25, 0.3) is 5.91 Å². The number of aromatic nitrogens is 3. The van der Waals surface area contributed by atoms with Gasteiger partial charge in [0.2, 0.25) is 5.91 Å².